The second-order valence-electron chi connectivity index (χ2n) is 3.70. The summed E-state index contributed by atoms with van der Waals surface area (Å²) in [6.45, 7) is 1.99. The first kappa shape index (κ1) is 9.08. The molecule has 0 N–H and O–H groups in total. The van der Waals surface area contributed by atoms with Crippen molar-refractivity contribution in [2.24, 2.45) is 7.05 Å². The third-order valence-electron chi connectivity index (χ3n) is 2.65. The molecule has 0 unspecified atom stereocenters. The molecule has 0 aliphatic heterocycles. The molecule has 2 heterocycles. The summed E-state index contributed by atoms with van der Waals surface area (Å²) in [5.41, 5.74) is 3.05. The molecule has 0 saturated carbocycles. The van der Waals surface area contributed by atoms with Gasteiger partial charge in [0.25, 0.3) is 0 Å². The van der Waals surface area contributed by atoms with Crippen molar-refractivity contribution in [1.82, 2.24) is 19.9 Å². The van der Waals surface area contributed by atoms with Crippen LogP contribution in [0.3, 0.4) is 0 Å². The fourth-order valence-corrected chi connectivity index (χ4v) is 1.88. The lowest BCUT2D eigenvalue weighted by molar-refractivity contribution is 0.419. The summed E-state index contributed by atoms with van der Waals surface area (Å²) in [6, 6.07) is 6.01. The Morgan fingerprint density at radius 1 is 1.31 bits per heavy atom. The Morgan fingerprint density at radius 2 is 2.19 bits per heavy atom. The Hall–Kier alpha value is -2.17. The van der Waals surface area contributed by atoms with E-state index in [1.807, 2.05) is 36.9 Å². The molecule has 0 amide bonds. The normalized spacial score (nSPS) is 11.1. The molecule has 0 aliphatic carbocycles. The van der Waals surface area contributed by atoms with E-state index in [4.69, 9.17) is 4.52 Å². The van der Waals surface area contributed by atoms with E-state index in [1.54, 1.807) is 0 Å². The smallest absolute Gasteiger partial charge is 0.214 e. The Morgan fingerprint density at radius 3 is 2.94 bits per heavy atom. The molecule has 16 heavy (non-hydrogen) atoms. The highest BCUT2D eigenvalue weighted by molar-refractivity contribution is 5.85. The largest absolute Gasteiger partial charge is 0.342 e. The summed E-state index contributed by atoms with van der Waals surface area (Å²) < 4.78 is 6.60. The van der Waals surface area contributed by atoms with E-state index in [-0.39, 0.29) is 0 Å². The average molecular weight is 214 g/mol. The van der Waals surface area contributed by atoms with Gasteiger partial charge in [0.1, 0.15) is 0 Å². The second kappa shape index (κ2) is 3.16. The lowest BCUT2D eigenvalue weighted by Gasteiger charge is -1.96. The van der Waals surface area contributed by atoms with Gasteiger partial charge in [-0.15, -0.1) is 0 Å². The fourth-order valence-electron chi connectivity index (χ4n) is 1.88. The predicted molar refractivity (Wildman–Crippen MR) is 58.7 cm³/mol. The zero-order valence-corrected chi connectivity index (χ0v) is 9.01. The minimum Gasteiger partial charge on any atom is -0.342 e. The monoisotopic (exact) mass is 214 g/mol. The molecule has 0 radical (unpaired) electrons. The van der Waals surface area contributed by atoms with Crippen LogP contribution in [0.2, 0.25) is 0 Å². The summed E-state index contributed by atoms with van der Waals surface area (Å²) in [5, 5.41) is 9.30. The van der Waals surface area contributed by atoms with Crippen LogP contribution in [0.4, 0.5) is 0 Å². The lowest BCUT2D eigenvalue weighted by atomic mass is 10.1. The van der Waals surface area contributed by atoms with E-state index in [0.717, 1.165) is 22.2 Å². The predicted octanol–water partition coefficient (Wildman–Crippen LogP) is 1.93. The maximum Gasteiger partial charge on any atom is 0.214 e. The van der Waals surface area contributed by atoms with Gasteiger partial charge in [0, 0.05) is 18.0 Å². The lowest BCUT2D eigenvalue weighted by Crippen LogP contribution is -1.89. The second-order valence-corrected chi connectivity index (χ2v) is 3.70. The first-order valence-electron chi connectivity index (χ1n) is 4.96. The summed E-state index contributed by atoms with van der Waals surface area (Å²) in [4.78, 5) is 4.02. The first-order chi connectivity index (χ1) is 7.75. The van der Waals surface area contributed by atoms with Crippen LogP contribution in [0.5, 0.6) is 0 Å². The molecule has 5 heteroatoms. The van der Waals surface area contributed by atoms with Gasteiger partial charge in [-0.05, 0) is 25.1 Å². The van der Waals surface area contributed by atoms with Crippen molar-refractivity contribution in [2.75, 3.05) is 0 Å². The van der Waals surface area contributed by atoms with Gasteiger partial charge in [-0.25, -0.2) is 0 Å². The van der Waals surface area contributed by atoms with Crippen molar-refractivity contribution >= 4 is 10.9 Å². The Kier molecular flexibility index (Phi) is 1.80. The first-order valence-corrected chi connectivity index (χ1v) is 4.96. The molecular formula is C11H10N4O. The van der Waals surface area contributed by atoms with Gasteiger partial charge in [0.15, 0.2) is 0 Å². The zero-order valence-electron chi connectivity index (χ0n) is 9.01. The van der Waals surface area contributed by atoms with Crippen molar-refractivity contribution in [3.05, 3.63) is 30.3 Å². The molecule has 3 rings (SSSR count). The standard InChI is InChI=1S/C11H10N4O/c1-7-9-5-8(11-12-6-16-14-11)3-4-10(9)15(2)13-7/h3-6H,1-2H3. The number of aryl methyl sites for hydroxylation is 2. The zero-order chi connectivity index (χ0) is 11.1. The SMILES string of the molecule is Cc1nn(C)c2ccc(-c3ncon3)cc12. The maximum absolute atomic E-state index is 4.73. The van der Waals surface area contributed by atoms with Crippen molar-refractivity contribution in [2.45, 2.75) is 6.92 Å². The van der Waals surface area contributed by atoms with E-state index in [0.29, 0.717) is 5.82 Å². The van der Waals surface area contributed by atoms with E-state index in [1.165, 1.54) is 6.39 Å². The minimum atomic E-state index is 0.602. The average Bonchev–Trinajstić information content (AvgIpc) is 2.88. The number of hydrogen-bond donors (Lipinski definition) is 0. The van der Waals surface area contributed by atoms with Crippen molar-refractivity contribution in [1.29, 1.82) is 0 Å². The molecular weight excluding hydrogens is 204 g/mol. The van der Waals surface area contributed by atoms with Crippen LogP contribution in [0.1, 0.15) is 5.69 Å². The molecule has 0 bridgehead atoms. The third-order valence-corrected chi connectivity index (χ3v) is 2.65. The quantitative estimate of drug-likeness (QED) is 0.621. The molecule has 0 saturated heterocycles. The summed E-state index contributed by atoms with van der Waals surface area (Å²) >= 11 is 0. The highest BCUT2D eigenvalue weighted by atomic mass is 16.5. The molecule has 1 aromatic carbocycles. The van der Waals surface area contributed by atoms with Gasteiger partial charge in [-0.1, -0.05) is 5.16 Å². The topological polar surface area (TPSA) is 56.7 Å². The number of hydrogen-bond acceptors (Lipinski definition) is 4. The molecule has 0 spiro atoms. The van der Waals surface area contributed by atoms with Crippen molar-refractivity contribution in [3.63, 3.8) is 0 Å². The van der Waals surface area contributed by atoms with Crippen LogP contribution in [-0.4, -0.2) is 19.9 Å². The molecule has 0 fully saturated rings. The van der Waals surface area contributed by atoms with Gasteiger partial charge in [-0.3, -0.25) is 4.68 Å². The summed E-state index contributed by atoms with van der Waals surface area (Å²) in [6.07, 6.45) is 1.33. The van der Waals surface area contributed by atoms with Gasteiger partial charge in [0.05, 0.1) is 11.2 Å². The number of aromatic nitrogens is 4. The number of rotatable bonds is 1. The molecule has 0 aliphatic rings. The minimum absolute atomic E-state index is 0.602. The van der Waals surface area contributed by atoms with Crippen LogP contribution in [-0.2, 0) is 7.05 Å². The van der Waals surface area contributed by atoms with Crippen LogP contribution >= 0.6 is 0 Å². The van der Waals surface area contributed by atoms with Crippen LogP contribution in [0.15, 0.2) is 29.1 Å². The van der Waals surface area contributed by atoms with E-state index in [9.17, 15) is 0 Å². The van der Waals surface area contributed by atoms with Gasteiger partial charge in [0.2, 0.25) is 12.2 Å². The van der Waals surface area contributed by atoms with E-state index in [2.05, 4.69) is 15.2 Å². The molecule has 5 nitrogen and oxygen atoms in total. The third kappa shape index (κ3) is 1.21. The maximum atomic E-state index is 4.73. The van der Waals surface area contributed by atoms with Crippen LogP contribution in [0, 0.1) is 6.92 Å². The molecule has 3 aromatic rings. The van der Waals surface area contributed by atoms with Crippen molar-refractivity contribution < 1.29 is 4.52 Å². The van der Waals surface area contributed by atoms with E-state index < -0.39 is 0 Å². The number of fused-ring (bicyclic) bond motifs is 1. The van der Waals surface area contributed by atoms with Gasteiger partial charge < -0.3 is 4.52 Å². The van der Waals surface area contributed by atoms with E-state index >= 15 is 0 Å². The number of benzene rings is 1. The highest BCUT2D eigenvalue weighted by Gasteiger charge is 2.08. The fraction of sp³-hybridized carbons (Fsp3) is 0.182. The number of nitrogens with zero attached hydrogens (tertiary/aromatic N) is 4. The Bertz CT molecular complexity index is 639. The van der Waals surface area contributed by atoms with Crippen molar-refractivity contribution in [3.8, 4) is 11.4 Å². The Balaban J connectivity index is 2.27. The highest BCUT2D eigenvalue weighted by Crippen LogP contribution is 2.23. The van der Waals surface area contributed by atoms with Gasteiger partial charge >= 0.3 is 0 Å². The molecule has 2 aromatic heterocycles. The van der Waals surface area contributed by atoms with Gasteiger partial charge in [-0.2, -0.15) is 10.1 Å². The van der Waals surface area contributed by atoms with Crippen LogP contribution < -0.4 is 0 Å². The Labute approximate surface area is 91.7 Å². The van der Waals surface area contributed by atoms with Crippen LogP contribution in [0.25, 0.3) is 22.3 Å². The summed E-state index contributed by atoms with van der Waals surface area (Å²) in [5.74, 6) is 0.602. The molecule has 80 valence electrons. The molecule has 0 atom stereocenters. The summed E-state index contributed by atoms with van der Waals surface area (Å²) in [7, 11) is 1.93.